The molecule has 4 rings (SSSR count). The monoisotopic (exact) mass is 522 g/mol. The SMILES string of the molecule is C=C1CC[C@H]2[C@@H](/C=C(\C)C(=O)[C@@]3(OC(C)=O)C[C@H](C)[C@@H](OC(=O)c4ccccc4)[C@@H]3[C@H]1OC(C)=O)C2(C)C. The molecule has 0 spiro atoms. The second-order valence-corrected chi connectivity index (χ2v) is 11.8. The van der Waals surface area contributed by atoms with Crippen LogP contribution in [0.4, 0.5) is 0 Å². The minimum absolute atomic E-state index is 0.0165. The number of carbonyl (C=O) groups is 4. The van der Waals surface area contributed by atoms with E-state index in [1.54, 1.807) is 37.3 Å². The molecule has 0 unspecified atom stereocenters. The van der Waals surface area contributed by atoms with Gasteiger partial charge in [0.2, 0.25) is 5.78 Å². The molecule has 0 amide bonds. The van der Waals surface area contributed by atoms with E-state index in [0.717, 1.165) is 6.42 Å². The van der Waals surface area contributed by atoms with Crippen molar-refractivity contribution in [3.63, 3.8) is 0 Å². The summed E-state index contributed by atoms with van der Waals surface area (Å²) in [6.07, 6.45) is 1.63. The van der Waals surface area contributed by atoms with Gasteiger partial charge >= 0.3 is 17.9 Å². The topological polar surface area (TPSA) is 96.0 Å². The summed E-state index contributed by atoms with van der Waals surface area (Å²) < 4.78 is 17.9. The molecule has 0 radical (unpaired) electrons. The quantitative estimate of drug-likeness (QED) is 0.303. The molecule has 1 aromatic carbocycles. The van der Waals surface area contributed by atoms with Crippen molar-refractivity contribution in [2.45, 2.75) is 78.6 Å². The van der Waals surface area contributed by atoms with Crippen LogP contribution < -0.4 is 0 Å². The maximum atomic E-state index is 14.3. The van der Waals surface area contributed by atoms with E-state index in [1.807, 2.05) is 13.0 Å². The molecule has 2 fully saturated rings. The molecule has 0 aliphatic heterocycles. The number of carbonyl (C=O) groups excluding carboxylic acids is 4. The molecule has 7 atom stereocenters. The number of benzene rings is 1. The molecule has 0 heterocycles. The van der Waals surface area contributed by atoms with Gasteiger partial charge in [-0.3, -0.25) is 14.4 Å². The number of ketones is 1. The molecule has 0 N–H and O–H groups in total. The van der Waals surface area contributed by atoms with Crippen molar-refractivity contribution in [1.29, 1.82) is 0 Å². The molecule has 3 aliphatic rings. The van der Waals surface area contributed by atoms with Crippen molar-refractivity contribution in [1.82, 2.24) is 0 Å². The van der Waals surface area contributed by atoms with Crippen LogP contribution in [0.1, 0.15) is 71.2 Å². The van der Waals surface area contributed by atoms with Gasteiger partial charge in [0, 0.05) is 20.3 Å². The maximum absolute atomic E-state index is 14.3. The van der Waals surface area contributed by atoms with Crippen molar-refractivity contribution >= 4 is 23.7 Å². The fraction of sp³-hybridized carbons (Fsp3) is 0.548. The third kappa shape index (κ3) is 4.95. The standard InChI is InChI=1S/C31H38O7/c1-17-13-14-23-24(30(23,6)7)15-18(2)28(34)31(38-21(5)33)16-19(3)27(25(31)26(17)36-20(4)32)37-29(35)22-11-9-8-10-12-22/h8-12,15,19,23-27H,1,13-14,16H2,2-7H3/b18-15+/t19-,23-,24+,25-,26-,27+,31+/m0/s1. The van der Waals surface area contributed by atoms with Gasteiger partial charge < -0.3 is 14.2 Å². The highest BCUT2D eigenvalue weighted by molar-refractivity contribution is 6.03. The van der Waals surface area contributed by atoms with Crippen molar-refractivity contribution < 1.29 is 33.4 Å². The zero-order valence-electron chi connectivity index (χ0n) is 23.1. The molecule has 1 aromatic rings. The Balaban J connectivity index is 1.87. The van der Waals surface area contributed by atoms with E-state index < -0.39 is 41.6 Å². The first-order valence-electron chi connectivity index (χ1n) is 13.3. The van der Waals surface area contributed by atoms with Crippen LogP contribution in [-0.2, 0) is 28.6 Å². The van der Waals surface area contributed by atoms with E-state index >= 15 is 0 Å². The van der Waals surface area contributed by atoms with Crippen LogP contribution in [0.5, 0.6) is 0 Å². The summed E-state index contributed by atoms with van der Waals surface area (Å²) in [7, 11) is 0. The normalized spacial score (nSPS) is 35.5. The van der Waals surface area contributed by atoms with Gasteiger partial charge in [0.25, 0.3) is 0 Å². The van der Waals surface area contributed by atoms with Crippen LogP contribution in [-0.4, -0.2) is 41.5 Å². The number of esters is 3. The summed E-state index contributed by atoms with van der Waals surface area (Å²) in [6.45, 7) is 14.8. The van der Waals surface area contributed by atoms with E-state index in [9.17, 15) is 19.2 Å². The molecule has 3 aliphatic carbocycles. The first-order valence-corrected chi connectivity index (χ1v) is 13.3. The van der Waals surface area contributed by atoms with Crippen molar-refractivity contribution in [2.24, 2.45) is 29.1 Å². The van der Waals surface area contributed by atoms with E-state index in [1.165, 1.54) is 13.8 Å². The number of allylic oxidation sites excluding steroid dienone is 1. The average Bonchev–Trinajstić information content (AvgIpc) is 3.24. The Morgan fingerprint density at radius 3 is 2.29 bits per heavy atom. The summed E-state index contributed by atoms with van der Waals surface area (Å²) >= 11 is 0. The zero-order chi connectivity index (χ0) is 28.0. The van der Waals surface area contributed by atoms with Crippen LogP contribution in [0.15, 0.2) is 54.1 Å². The summed E-state index contributed by atoms with van der Waals surface area (Å²) in [5, 5.41) is 0. The average molecular weight is 523 g/mol. The van der Waals surface area contributed by atoms with E-state index in [0.29, 0.717) is 29.0 Å². The van der Waals surface area contributed by atoms with Crippen molar-refractivity contribution in [3.05, 3.63) is 59.7 Å². The van der Waals surface area contributed by atoms with Gasteiger partial charge in [0.15, 0.2) is 5.60 Å². The Hall–Kier alpha value is -3.22. The van der Waals surface area contributed by atoms with Crippen LogP contribution in [0.3, 0.4) is 0 Å². The van der Waals surface area contributed by atoms with E-state index in [2.05, 4.69) is 20.4 Å². The third-order valence-electron chi connectivity index (χ3n) is 8.77. The van der Waals surface area contributed by atoms with Crippen LogP contribution in [0.25, 0.3) is 0 Å². The molecular weight excluding hydrogens is 484 g/mol. The van der Waals surface area contributed by atoms with Gasteiger partial charge in [0.1, 0.15) is 12.2 Å². The number of Topliss-reactive ketones (excluding diaryl/α,β-unsaturated/α-hetero) is 1. The molecule has 0 bridgehead atoms. The number of ether oxygens (including phenoxy) is 3. The van der Waals surface area contributed by atoms with Crippen LogP contribution in [0, 0.1) is 29.1 Å². The molecule has 7 heteroatoms. The van der Waals surface area contributed by atoms with Crippen molar-refractivity contribution in [2.75, 3.05) is 0 Å². The highest BCUT2D eigenvalue weighted by Crippen LogP contribution is 2.62. The Labute approximate surface area is 224 Å². The number of hydrogen-bond acceptors (Lipinski definition) is 7. The van der Waals surface area contributed by atoms with Gasteiger partial charge in [-0.2, -0.15) is 0 Å². The number of hydrogen-bond donors (Lipinski definition) is 0. The predicted octanol–water partition coefficient (Wildman–Crippen LogP) is 5.24. The van der Waals surface area contributed by atoms with E-state index in [4.69, 9.17) is 14.2 Å². The molecule has 7 nitrogen and oxygen atoms in total. The first-order chi connectivity index (χ1) is 17.8. The maximum Gasteiger partial charge on any atom is 0.338 e. The molecule has 38 heavy (non-hydrogen) atoms. The summed E-state index contributed by atoms with van der Waals surface area (Å²) in [5.41, 5.74) is -0.203. The fourth-order valence-corrected chi connectivity index (χ4v) is 6.80. The van der Waals surface area contributed by atoms with Gasteiger partial charge in [-0.05, 0) is 66.2 Å². The van der Waals surface area contributed by atoms with Gasteiger partial charge in [0.05, 0.1) is 11.5 Å². The Kier molecular flexibility index (Phi) is 7.43. The van der Waals surface area contributed by atoms with E-state index in [-0.39, 0.29) is 29.5 Å². The molecule has 0 aromatic heterocycles. The molecule has 0 saturated heterocycles. The highest BCUT2D eigenvalue weighted by atomic mass is 16.6. The lowest BCUT2D eigenvalue weighted by Crippen LogP contribution is -2.55. The van der Waals surface area contributed by atoms with Crippen molar-refractivity contribution in [3.8, 4) is 0 Å². The molecular formula is C31H38O7. The Morgan fingerprint density at radius 1 is 1.03 bits per heavy atom. The van der Waals surface area contributed by atoms with Crippen LogP contribution in [0.2, 0.25) is 0 Å². The van der Waals surface area contributed by atoms with Crippen LogP contribution >= 0.6 is 0 Å². The van der Waals surface area contributed by atoms with Gasteiger partial charge in [-0.15, -0.1) is 0 Å². The minimum Gasteiger partial charge on any atom is -0.458 e. The summed E-state index contributed by atoms with van der Waals surface area (Å²) in [6, 6.07) is 8.56. The molecule has 2 saturated carbocycles. The second-order valence-electron chi connectivity index (χ2n) is 11.8. The fourth-order valence-electron chi connectivity index (χ4n) is 6.80. The largest absolute Gasteiger partial charge is 0.458 e. The Bertz CT molecular complexity index is 1180. The minimum atomic E-state index is -1.69. The molecule has 204 valence electrons. The predicted molar refractivity (Wildman–Crippen MR) is 141 cm³/mol. The lowest BCUT2D eigenvalue weighted by molar-refractivity contribution is -0.179. The second kappa shape index (κ2) is 10.2. The highest BCUT2D eigenvalue weighted by Gasteiger charge is 2.65. The lowest BCUT2D eigenvalue weighted by Gasteiger charge is -2.39. The zero-order valence-corrected chi connectivity index (χ0v) is 23.1. The number of fused-ring (bicyclic) bond motifs is 2. The Morgan fingerprint density at radius 2 is 1.68 bits per heavy atom. The van der Waals surface area contributed by atoms with Gasteiger partial charge in [-0.25, -0.2) is 4.79 Å². The smallest absolute Gasteiger partial charge is 0.338 e. The van der Waals surface area contributed by atoms with Gasteiger partial charge in [-0.1, -0.05) is 51.6 Å². The summed E-state index contributed by atoms with van der Waals surface area (Å²) in [4.78, 5) is 52.4. The third-order valence-corrected chi connectivity index (χ3v) is 8.77. The first kappa shape index (κ1) is 27.8. The lowest BCUT2D eigenvalue weighted by atomic mass is 9.76. The summed E-state index contributed by atoms with van der Waals surface area (Å²) in [5.74, 6) is -2.89. The number of rotatable bonds is 4.